The first-order valence-electron chi connectivity index (χ1n) is 5.35. The molecule has 0 saturated heterocycles. The topological polar surface area (TPSA) is 38.3 Å². The number of nitrogens with one attached hydrogen (secondary N) is 1. The smallest absolute Gasteiger partial charge is 0.244 e. The zero-order chi connectivity index (χ0) is 12.8. The minimum atomic E-state index is -0.433. The van der Waals surface area contributed by atoms with E-state index in [-0.39, 0.29) is 17.7 Å². The van der Waals surface area contributed by atoms with Gasteiger partial charge in [-0.1, -0.05) is 12.1 Å². The fourth-order valence-corrected chi connectivity index (χ4v) is 1.45. The van der Waals surface area contributed by atoms with Crippen molar-refractivity contribution in [2.24, 2.45) is 0 Å². The Bertz CT molecular complexity index is 429. The Labute approximate surface area is 100 Å². The summed E-state index contributed by atoms with van der Waals surface area (Å²) in [6.45, 7) is 3.56. The third kappa shape index (κ3) is 3.59. The van der Waals surface area contributed by atoms with Crippen LogP contribution in [0.2, 0.25) is 0 Å². The number of hydrogen-bond acceptors (Lipinski definition) is 2. The van der Waals surface area contributed by atoms with Crippen molar-refractivity contribution in [2.75, 3.05) is 7.11 Å². The Hall–Kier alpha value is -1.84. The van der Waals surface area contributed by atoms with Crippen LogP contribution in [-0.4, -0.2) is 13.0 Å². The zero-order valence-corrected chi connectivity index (χ0v) is 10.2. The summed E-state index contributed by atoms with van der Waals surface area (Å²) in [5.74, 6) is -0.436. The Kier molecular flexibility index (Phi) is 4.69. The van der Waals surface area contributed by atoms with E-state index in [1.807, 2.05) is 0 Å². The molecule has 0 radical (unpaired) electrons. The van der Waals surface area contributed by atoms with Gasteiger partial charge in [0.1, 0.15) is 0 Å². The van der Waals surface area contributed by atoms with Gasteiger partial charge in [0, 0.05) is 0 Å². The quantitative estimate of drug-likeness (QED) is 0.817. The van der Waals surface area contributed by atoms with Crippen molar-refractivity contribution in [3.05, 3.63) is 41.7 Å². The van der Waals surface area contributed by atoms with E-state index in [4.69, 9.17) is 4.74 Å². The van der Waals surface area contributed by atoms with Crippen LogP contribution in [0.5, 0.6) is 5.75 Å². The molecule has 1 aromatic carbocycles. The highest BCUT2D eigenvalue weighted by molar-refractivity contribution is 5.87. The summed E-state index contributed by atoms with van der Waals surface area (Å²) in [5, 5.41) is 2.73. The highest BCUT2D eigenvalue weighted by Gasteiger charge is 2.10. The highest BCUT2D eigenvalue weighted by Crippen LogP contribution is 2.21. The number of allylic oxidation sites excluding steroid dienone is 1. The first kappa shape index (κ1) is 13.2. The van der Waals surface area contributed by atoms with Crippen molar-refractivity contribution >= 4 is 5.91 Å². The molecule has 92 valence electrons. The molecule has 1 N–H and O–H groups in total. The lowest BCUT2D eigenvalue weighted by molar-refractivity contribution is -0.117. The van der Waals surface area contributed by atoms with Gasteiger partial charge in [-0.2, -0.15) is 0 Å². The minimum absolute atomic E-state index is 0.195. The molecule has 0 aliphatic heterocycles. The molecule has 0 fully saturated rings. The molecule has 1 atom stereocenters. The van der Waals surface area contributed by atoms with E-state index in [0.29, 0.717) is 5.56 Å². The van der Waals surface area contributed by atoms with Crippen molar-refractivity contribution < 1.29 is 13.9 Å². The van der Waals surface area contributed by atoms with Crippen LogP contribution in [0.3, 0.4) is 0 Å². The van der Waals surface area contributed by atoms with E-state index in [9.17, 15) is 9.18 Å². The van der Waals surface area contributed by atoms with Gasteiger partial charge < -0.3 is 10.1 Å². The van der Waals surface area contributed by atoms with Gasteiger partial charge in [0.2, 0.25) is 5.91 Å². The molecule has 1 aromatic rings. The number of carbonyl (C=O) groups is 1. The number of methoxy groups -OCH3 is 1. The van der Waals surface area contributed by atoms with Gasteiger partial charge in [-0.05, 0) is 37.6 Å². The first-order chi connectivity index (χ1) is 8.08. The second kappa shape index (κ2) is 6.03. The standard InChI is InChI=1S/C13H16FNO2/c1-4-5-13(16)15-9(2)10-6-7-12(17-3)11(14)8-10/h4-9H,1-3H3,(H,15,16). The van der Waals surface area contributed by atoms with Crippen molar-refractivity contribution in [1.82, 2.24) is 5.32 Å². The van der Waals surface area contributed by atoms with Crippen LogP contribution in [-0.2, 0) is 4.79 Å². The van der Waals surface area contributed by atoms with Crippen molar-refractivity contribution in [3.8, 4) is 5.75 Å². The third-order valence-electron chi connectivity index (χ3n) is 2.35. The van der Waals surface area contributed by atoms with Gasteiger partial charge in [-0.25, -0.2) is 4.39 Å². The zero-order valence-electron chi connectivity index (χ0n) is 10.2. The van der Waals surface area contributed by atoms with Crippen LogP contribution in [0.1, 0.15) is 25.5 Å². The van der Waals surface area contributed by atoms with Gasteiger partial charge in [0.25, 0.3) is 0 Å². The van der Waals surface area contributed by atoms with Crippen LogP contribution in [0.25, 0.3) is 0 Å². The van der Waals surface area contributed by atoms with Crippen LogP contribution in [0.15, 0.2) is 30.4 Å². The summed E-state index contributed by atoms with van der Waals surface area (Å²) < 4.78 is 18.3. The molecule has 1 unspecified atom stereocenters. The molecular weight excluding hydrogens is 221 g/mol. The summed E-state index contributed by atoms with van der Waals surface area (Å²) >= 11 is 0. The summed E-state index contributed by atoms with van der Waals surface area (Å²) in [6, 6.07) is 4.38. The van der Waals surface area contributed by atoms with E-state index >= 15 is 0 Å². The number of hydrogen-bond donors (Lipinski definition) is 1. The van der Waals surface area contributed by atoms with Gasteiger partial charge in [-0.3, -0.25) is 4.79 Å². The fraction of sp³-hybridized carbons (Fsp3) is 0.308. The average Bonchev–Trinajstić information content (AvgIpc) is 2.29. The van der Waals surface area contributed by atoms with Gasteiger partial charge in [0.05, 0.1) is 13.2 Å². The molecule has 0 aromatic heterocycles. The summed E-state index contributed by atoms with van der Waals surface area (Å²) in [5.41, 5.74) is 0.696. The van der Waals surface area contributed by atoms with E-state index < -0.39 is 5.82 Å². The van der Waals surface area contributed by atoms with E-state index in [0.717, 1.165) is 0 Å². The molecule has 0 aliphatic rings. The molecule has 0 bridgehead atoms. The molecule has 1 rings (SSSR count). The Balaban J connectivity index is 2.79. The van der Waals surface area contributed by atoms with Gasteiger partial charge >= 0.3 is 0 Å². The molecule has 0 aliphatic carbocycles. The predicted molar refractivity (Wildman–Crippen MR) is 64.3 cm³/mol. The van der Waals surface area contributed by atoms with Crippen LogP contribution >= 0.6 is 0 Å². The maximum absolute atomic E-state index is 13.4. The summed E-state index contributed by atoms with van der Waals surface area (Å²) in [7, 11) is 1.41. The number of amides is 1. The number of benzene rings is 1. The van der Waals surface area contributed by atoms with Crippen molar-refractivity contribution in [1.29, 1.82) is 0 Å². The highest BCUT2D eigenvalue weighted by atomic mass is 19.1. The maximum Gasteiger partial charge on any atom is 0.244 e. The van der Waals surface area contributed by atoms with Crippen LogP contribution < -0.4 is 10.1 Å². The molecule has 4 heteroatoms. The Morgan fingerprint density at radius 1 is 1.53 bits per heavy atom. The maximum atomic E-state index is 13.4. The van der Waals surface area contributed by atoms with Crippen LogP contribution in [0.4, 0.5) is 4.39 Å². The normalized spacial score (nSPS) is 12.5. The number of ether oxygens (including phenoxy) is 1. The first-order valence-corrected chi connectivity index (χ1v) is 5.35. The monoisotopic (exact) mass is 237 g/mol. The number of rotatable bonds is 4. The Morgan fingerprint density at radius 2 is 2.24 bits per heavy atom. The average molecular weight is 237 g/mol. The molecule has 0 spiro atoms. The molecule has 17 heavy (non-hydrogen) atoms. The molecule has 1 amide bonds. The van der Waals surface area contributed by atoms with Gasteiger partial charge in [-0.15, -0.1) is 0 Å². The van der Waals surface area contributed by atoms with E-state index in [1.165, 1.54) is 19.3 Å². The number of carbonyl (C=O) groups excluding carboxylic acids is 1. The van der Waals surface area contributed by atoms with Crippen molar-refractivity contribution in [3.63, 3.8) is 0 Å². The number of halogens is 1. The molecule has 0 saturated carbocycles. The molecule has 3 nitrogen and oxygen atoms in total. The second-order valence-corrected chi connectivity index (χ2v) is 3.62. The summed E-state index contributed by atoms with van der Waals surface area (Å²) in [4.78, 5) is 11.3. The van der Waals surface area contributed by atoms with E-state index in [1.54, 1.807) is 32.1 Å². The molecule has 0 heterocycles. The lowest BCUT2D eigenvalue weighted by atomic mass is 10.1. The molecular formula is C13H16FNO2. The van der Waals surface area contributed by atoms with Gasteiger partial charge in [0.15, 0.2) is 11.6 Å². The lowest BCUT2D eigenvalue weighted by Crippen LogP contribution is -2.24. The minimum Gasteiger partial charge on any atom is -0.494 e. The Morgan fingerprint density at radius 3 is 2.76 bits per heavy atom. The third-order valence-corrected chi connectivity index (χ3v) is 2.35. The second-order valence-electron chi connectivity index (χ2n) is 3.62. The fourth-order valence-electron chi connectivity index (χ4n) is 1.45. The van der Waals surface area contributed by atoms with Crippen molar-refractivity contribution in [2.45, 2.75) is 19.9 Å². The van der Waals surface area contributed by atoms with Crippen LogP contribution in [0, 0.1) is 5.82 Å². The van der Waals surface area contributed by atoms with E-state index in [2.05, 4.69) is 5.32 Å². The largest absolute Gasteiger partial charge is 0.494 e. The lowest BCUT2D eigenvalue weighted by Gasteiger charge is -2.13. The summed E-state index contributed by atoms with van der Waals surface area (Å²) in [6.07, 6.45) is 3.08. The predicted octanol–water partition coefficient (Wildman–Crippen LogP) is 2.59. The SMILES string of the molecule is CC=CC(=O)NC(C)c1ccc(OC)c(F)c1.